The number of carbonyl (C=O) groups excluding carboxylic acids is 1. The van der Waals surface area contributed by atoms with Crippen LogP contribution in [0.5, 0.6) is 5.75 Å². The highest BCUT2D eigenvalue weighted by Gasteiger charge is 2.20. The molecule has 0 unspecified atom stereocenters. The molecule has 5 nitrogen and oxygen atoms in total. The first-order valence-electron chi connectivity index (χ1n) is 9.03. The zero-order valence-corrected chi connectivity index (χ0v) is 16.2. The number of nitrogens with zero attached hydrogens (tertiary/aromatic N) is 2. The molecule has 1 heterocycles. The summed E-state index contributed by atoms with van der Waals surface area (Å²) in [7, 11) is 0. The SMILES string of the molecule is Cc1nn(-c2ccccc2)c(Cl)c1C(=O)NCCCCOc1ccc(F)cc1. The molecule has 0 spiro atoms. The summed E-state index contributed by atoms with van der Waals surface area (Å²) in [5.74, 6) is 0.0879. The topological polar surface area (TPSA) is 56.2 Å². The standard InChI is InChI=1S/C21H21ClFN3O2/c1-15-19(20(22)26(25-15)17-7-3-2-4-8-17)21(27)24-13-5-6-14-28-18-11-9-16(23)10-12-18/h2-4,7-12H,5-6,13-14H2,1H3,(H,24,27). The molecular weight excluding hydrogens is 381 g/mol. The molecule has 1 N–H and O–H groups in total. The lowest BCUT2D eigenvalue weighted by atomic mass is 10.2. The first-order valence-corrected chi connectivity index (χ1v) is 9.41. The first-order chi connectivity index (χ1) is 13.6. The van der Waals surface area contributed by atoms with E-state index in [2.05, 4.69) is 10.4 Å². The van der Waals surface area contributed by atoms with Gasteiger partial charge in [0, 0.05) is 6.54 Å². The normalized spacial score (nSPS) is 10.7. The van der Waals surface area contributed by atoms with E-state index in [0.29, 0.717) is 35.3 Å². The monoisotopic (exact) mass is 401 g/mol. The third-order valence-electron chi connectivity index (χ3n) is 4.17. The summed E-state index contributed by atoms with van der Waals surface area (Å²) in [5.41, 5.74) is 1.76. The number of para-hydroxylation sites is 1. The summed E-state index contributed by atoms with van der Waals surface area (Å²) in [5, 5.41) is 7.54. The van der Waals surface area contributed by atoms with E-state index in [-0.39, 0.29) is 11.7 Å². The van der Waals surface area contributed by atoms with Crippen molar-refractivity contribution < 1.29 is 13.9 Å². The van der Waals surface area contributed by atoms with Gasteiger partial charge in [-0.3, -0.25) is 4.79 Å². The second-order valence-corrected chi connectivity index (χ2v) is 6.62. The van der Waals surface area contributed by atoms with Gasteiger partial charge in [-0.15, -0.1) is 0 Å². The minimum absolute atomic E-state index is 0.246. The van der Waals surface area contributed by atoms with Crippen molar-refractivity contribution >= 4 is 17.5 Å². The van der Waals surface area contributed by atoms with Crippen molar-refractivity contribution in [2.24, 2.45) is 0 Å². The minimum Gasteiger partial charge on any atom is -0.494 e. The fourth-order valence-corrected chi connectivity index (χ4v) is 3.09. The Balaban J connectivity index is 1.47. The van der Waals surface area contributed by atoms with E-state index >= 15 is 0 Å². The number of amides is 1. The lowest BCUT2D eigenvalue weighted by molar-refractivity contribution is 0.0952. The number of nitrogens with one attached hydrogen (secondary N) is 1. The van der Waals surface area contributed by atoms with Crippen LogP contribution in [-0.2, 0) is 0 Å². The molecule has 0 saturated heterocycles. The van der Waals surface area contributed by atoms with Crippen molar-refractivity contribution in [2.75, 3.05) is 13.2 Å². The molecule has 0 atom stereocenters. The predicted octanol–water partition coefficient (Wildman–Crippen LogP) is 4.56. The molecule has 7 heteroatoms. The van der Waals surface area contributed by atoms with Gasteiger partial charge in [-0.2, -0.15) is 5.10 Å². The number of unbranched alkanes of at least 4 members (excludes halogenated alkanes) is 1. The van der Waals surface area contributed by atoms with E-state index < -0.39 is 0 Å². The molecule has 0 bridgehead atoms. The van der Waals surface area contributed by atoms with Crippen LogP contribution in [0, 0.1) is 12.7 Å². The van der Waals surface area contributed by atoms with Crippen LogP contribution in [0.2, 0.25) is 5.15 Å². The fourth-order valence-electron chi connectivity index (χ4n) is 2.74. The van der Waals surface area contributed by atoms with Gasteiger partial charge in [-0.25, -0.2) is 9.07 Å². The fraction of sp³-hybridized carbons (Fsp3) is 0.238. The Kier molecular flexibility index (Phi) is 6.66. The van der Waals surface area contributed by atoms with Crippen LogP contribution in [0.15, 0.2) is 54.6 Å². The van der Waals surface area contributed by atoms with E-state index in [1.807, 2.05) is 30.3 Å². The van der Waals surface area contributed by atoms with Crippen LogP contribution in [0.3, 0.4) is 0 Å². The van der Waals surface area contributed by atoms with E-state index in [1.165, 1.54) is 12.1 Å². The maximum absolute atomic E-state index is 12.8. The molecule has 1 amide bonds. The second-order valence-electron chi connectivity index (χ2n) is 6.26. The third-order valence-corrected chi connectivity index (χ3v) is 4.52. The van der Waals surface area contributed by atoms with Gasteiger partial charge in [-0.1, -0.05) is 29.8 Å². The summed E-state index contributed by atoms with van der Waals surface area (Å²) in [4.78, 5) is 12.5. The smallest absolute Gasteiger partial charge is 0.256 e. The van der Waals surface area contributed by atoms with E-state index in [9.17, 15) is 9.18 Å². The van der Waals surface area contributed by atoms with Crippen molar-refractivity contribution in [1.29, 1.82) is 0 Å². The predicted molar refractivity (Wildman–Crippen MR) is 107 cm³/mol. The molecule has 0 fully saturated rings. The van der Waals surface area contributed by atoms with Crippen molar-refractivity contribution in [2.45, 2.75) is 19.8 Å². The number of ether oxygens (including phenoxy) is 1. The Hall–Kier alpha value is -2.86. The molecule has 3 rings (SSSR count). The summed E-state index contributed by atoms with van der Waals surface area (Å²) >= 11 is 6.39. The summed E-state index contributed by atoms with van der Waals surface area (Å²) in [6.07, 6.45) is 1.50. The number of hydrogen-bond acceptors (Lipinski definition) is 3. The Morgan fingerprint density at radius 1 is 1.14 bits per heavy atom. The van der Waals surface area contributed by atoms with Crippen LogP contribution in [0.4, 0.5) is 4.39 Å². The second kappa shape index (κ2) is 9.37. The first kappa shape index (κ1) is 19.9. The van der Waals surface area contributed by atoms with Gasteiger partial charge < -0.3 is 10.1 Å². The zero-order chi connectivity index (χ0) is 19.9. The van der Waals surface area contributed by atoms with Crippen LogP contribution in [0.25, 0.3) is 5.69 Å². The third kappa shape index (κ3) is 4.89. The van der Waals surface area contributed by atoms with Crippen LogP contribution >= 0.6 is 11.6 Å². The molecule has 1 aromatic heterocycles. The molecule has 0 saturated carbocycles. The van der Waals surface area contributed by atoms with Gasteiger partial charge in [-0.05, 0) is 56.2 Å². The molecule has 2 aromatic carbocycles. The Morgan fingerprint density at radius 3 is 2.57 bits per heavy atom. The van der Waals surface area contributed by atoms with Gasteiger partial charge in [0.1, 0.15) is 16.7 Å². The van der Waals surface area contributed by atoms with Gasteiger partial charge in [0.05, 0.1) is 23.6 Å². The molecule has 0 aliphatic carbocycles. The number of aryl methyl sites for hydroxylation is 1. The lowest BCUT2D eigenvalue weighted by Crippen LogP contribution is -2.25. The number of carbonyl (C=O) groups is 1. The summed E-state index contributed by atoms with van der Waals surface area (Å²) in [6, 6.07) is 15.3. The summed E-state index contributed by atoms with van der Waals surface area (Å²) < 4.78 is 19.9. The Labute approximate surface area is 168 Å². The highest BCUT2D eigenvalue weighted by molar-refractivity contribution is 6.33. The highest BCUT2D eigenvalue weighted by atomic mass is 35.5. The van der Waals surface area contributed by atoms with E-state index in [0.717, 1.165) is 18.5 Å². The Morgan fingerprint density at radius 2 is 1.86 bits per heavy atom. The van der Waals surface area contributed by atoms with Crippen molar-refractivity contribution in [1.82, 2.24) is 15.1 Å². The Bertz CT molecular complexity index is 927. The molecule has 0 radical (unpaired) electrons. The molecule has 146 valence electrons. The van der Waals surface area contributed by atoms with Crippen molar-refractivity contribution in [3.05, 3.63) is 76.8 Å². The van der Waals surface area contributed by atoms with Gasteiger partial charge in [0.2, 0.25) is 0 Å². The molecular formula is C21H21ClFN3O2. The molecule has 3 aromatic rings. The largest absolute Gasteiger partial charge is 0.494 e. The van der Waals surface area contributed by atoms with Gasteiger partial charge >= 0.3 is 0 Å². The number of benzene rings is 2. The highest BCUT2D eigenvalue weighted by Crippen LogP contribution is 2.23. The van der Waals surface area contributed by atoms with Crippen LogP contribution in [-0.4, -0.2) is 28.8 Å². The molecule has 0 aliphatic rings. The maximum atomic E-state index is 12.8. The van der Waals surface area contributed by atoms with E-state index in [1.54, 1.807) is 23.7 Å². The van der Waals surface area contributed by atoms with Crippen LogP contribution in [0.1, 0.15) is 28.9 Å². The maximum Gasteiger partial charge on any atom is 0.256 e. The molecule has 0 aliphatic heterocycles. The van der Waals surface area contributed by atoms with Crippen molar-refractivity contribution in [3.8, 4) is 11.4 Å². The number of hydrogen-bond donors (Lipinski definition) is 1. The number of aromatic nitrogens is 2. The average molecular weight is 402 g/mol. The van der Waals surface area contributed by atoms with E-state index in [4.69, 9.17) is 16.3 Å². The van der Waals surface area contributed by atoms with Gasteiger partial charge in [0.15, 0.2) is 0 Å². The number of halogens is 2. The lowest BCUT2D eigenvalue weighted by Gasteiger charge is -2.07. The quantitative estimate of drug-likeness (QED) is 0.563. The minimum atomic E-state index is -0.292. The van der Waals surface area contributed by atoms with Gasteiger partial charge in [0.25, 0.3) is 5.91 Å². The number of rotatable bonds is 8. The average Bonchev–Trinajstić information content (AvgIpc) is 3.00. The summed E-state index contributed by atoms with van der Waals surface area (Å²) in [6.45, 7) is 2.75. The van der Waals surface area contributed by atoms with Crippen LogP contribution < -0.4 is 10.1 Å². The molecule has 28 heavy (non-hydrogen) atoms. The zero-order valence-electron chi connectivity index (χ0n) is 15.5. The van der Waals surface area contributed by atoms with Crippen molar-refractivity contribution in [3.63, 3.8) is 0 Å².